The van der Waals surface area contributed by atoms with Crippen LogP contribution >= 0.6 is 11.6 Å². The molecule has 0 aliphatic heterocycles. The number of ether oxygens (including phenoxy) is 1. The number of benzene rings is 1. The Bertz CT molecular complexity index is 580. The summed E-state index contributed by atoms with van der Waals surface area (Å²) >= 11 is 5.74. The van der Waals surface area contributed by atoms with Crippen LogP contribution in [0.1, 0.15) is 17.3 Å². The highest BCUT2D eigenvalue weighted by molar-refractivity contribution is 6.30. The average molecular weight is 282 g/mol. The highest BCUT2D eigenvalue weighted by Gasteiger charge is 2.21. The van der Waals surface area contributed by atoms with Crippen molar-refractivity contribution in [3.63, 3.8) is 0 Å². The maximum atomic E-state index is 14.0. The molecule has 0 amide bonds. The molecule has 0 fully saturated rings. The van der Waals surface area contributed by atoms with Gasteiger partial charge in [-0.25, -0.2) is 9.82 Å². The normalized spacial score (nSPS) is 12.2. The zero-order chi connectivity index (χ0) is 13.8. The van der Waals surface area contributed by atoms with Gasteiger partial charge < -0.3 is 4.74 Å². The number of nitrogens with two attached hydrogens (primary N) is 1. The number of methoxy groups -OCH3 is 1. The average Bonchev–Trinajstić information content (AvgIpc) is 2.42. The SMILES string of the molecule is COc1cccnc1C(NN)c1ccc(Cl)cc1F. The minimum Gasteiger partial charge on any atom is -0.495 e. The van der Waals surface area contributed by atoms with Crippen molar-refractivity contribution in [2.24, 2.45) is 5.84 Å². The summed E-state index contributed by atoms with van der Waals surface area (Å²) in [7, 11) is 1.52. The van der Waals surface area contributed by atoms with Gasteiger partial charge in [-0.2, -0.15) is 0 Å². The maximum absolute atomic E-state index is 14.0. The van der Waals surface area contributed by atoms with Gasteiger partial charge in [0.15, 0.2) is 0 Å². The van der Waals surface area contributed by atoms with E-state index >= 15 is 0 Å². The van der Waals surface area contributed by atoms with Gasteiger partial charge in [-0.3, -0.25) is 10.8 Å². The number of pyridine rings is 1. The molecule has 6 heteroatoms. The standard InChI is InChI=1S/C13H13ClFN3O/c1-19-11-3-2-6-17-13(11)12(18-16)9-5-4-8(14)7-10(9)15/h2-7,12,18H,16H2,1H3. The number of nitrogens with zero attached hydrogens (tertiary/aromatic N) is 1. The predicted octanol–water partition coefficient (Wildman–Crippen LogP) is 2.44. The fourth-order valence-corrected chi connectivity index (χ4v) is 2.00. The van der Waals surface area contributed by atoms with Crippen molar-refractivity contribution in [1.82, 2.24) is 10.4 Å². The second-order valence-electron chi connectivity index (χ2n) is 3.86. The van der Waals surface area contributed by atoms with E-state index < -0.39 is 11.9 Å². The van der Waals surface area contributed by atoms with Crippen molar-refractivity contribution >= 4 is 11.6 Å². The van der Waals surface area contributed by atoms with Gasteiger partial charge in [0.1, 0.15) is 17.3 Å². The van der Waals surface area contributed by atoms with Gasteiger partial charge in [0.25, 0.3) is 0 Å². The zero-order valence-electron chi connectivity index (χ0n) is 10.2. The number of hydrazine groups is 1. The molecule has 1 aromatic heterocycles. The first kappa shape index (κ1) is 13.7. The summed E-state index contributed by atoms with van der Waals surface area (Å²) in [6.07, 6.45) is 1.59. The van der Waals surface area contributed by atoms with Crippen LogP contribution in [0.4, 0.5) is 4.39 Å². The van der Waals surface area contributed by atoms with Crippen LogP contribution in [0.3, 0.4) is 0 Å². The number of aromatic nitrogens is 1. The molecule has 1 heterocycles. The molecule has 100 valence electrons. The van der Waals surface area contributed by atoms with Crippen LogP contribution in [0.2, 0.25) is 5.02 Å². The first-order valence-corrected chi connectivity index (χ1v) is 5.95. The van der Waals surface area contributed by atoms with Gasteiger partial charge in [0.05, 0.1) is 13.2 Å². The molecular formula is C13H13ClFN3O. The molecule has 0 saturated carbocycles. The molecule has 0 spiro atoms. The lowest BCUT2D eigenvalue weighted by Crippen LogP contribution is -2.30. The van der Waals surface area contributed by atoms with Crippen molar-refractivity contribution in [3.8, 4) is 5.75 Å². The van der Waals surface area contributed by atoms with Crippen molar-refractivity contribution in [1.29, 1.82) is 0 Å². The summed E-state index contributed by atoms with van der Waals surface area (Å²) < 4.78 is 19.2. The Morgan fingerprint density at radius 3 is 2.84 bits per heavy atom. The fraction of sp³-hybridized carbons (Fsp3) is 0.154. The van der Waals surface area contributed by atoms with Crippen LogP contribution < -0.4 is 16.0 Å². The van der Waals surface area contributed by atoms with Crippen LogP contribution in [-0.2, 0) is 0 Å². The summed E-state index contributed by atoms with van der Waals surface area (Å²) in [5, 5.41) is 0.324. The van der Waals surface area contributed by atoms with E-state index in [4.69, 9.17) is 22.2 Å². The summed E-state index contributed by atoms with van der Waals surface area (Å²) in [6.45, 7) is 0. The van der Waals surface area contributed by atoms with E-state index in [2.05, 4.69) is 10.4 Å². The molecule has 1 unspecified atom stereocenters. The third-order valence-electron chi connectivity index (χ3n) is 2.73. The quantitative estimate of drug-likeness (QED) is 0.667. The molecule has 0 radical (unpaired) electrons. The first-order chi connectivity index (χ1) is 9.17. The van der Waals surface area contributed by atoms with Gasteiger partial charge in [-0.05, 0) is 24.3 Å². The lowest BCUT2D eigenvalue weighted by atomic mass is 10.0. The highest BCUT2D eigenvalue weighted by Crippen LogP contribution is 2.29. The van der Waals surface area contributed by atoms with Gasteiger partial charge in [0.2, 0.25) is 0 Å². The lowest BCUT2D eigenvalue weighted by molar-refractivity contribution is 0.399. The molecule has 2 rings (SSSR count). The molecule has 0 aliphatic carbocycles. The third kappa shape index (κ3) is 2.84. The monoisotopic (exact) mass is 281 g/mol. The van der Waals surface area contributed by atoms with E-state index in [0.717, 1.165) is 0 Å². The number of nitrogens with one attached hydrogen (secondary N) is 1. The van der Waals surface area contributed by atoms with Gasteiger partial charge in [-0.1, -0.05) is 17.7 Å². The molecule has 4 nitrogen and oxygen atoms in total. The van der Waals surface area contributed by atoms with Crippen LogP contribution in [-0.4, -0.2) is 12.1 Å². The Hall–Kier alpha value is -1.69. The number of halogens is 2. The van der Waals surface area contributed by atoms with Gasteiger partial charge >= 0.3 is 0 Å². The van der Waals surface area contributed by atoms with Crippen molar-refractivity contribution in [2.75, 3.05) is 7.11 Å². The van der Waals surface area contributed by atoms with E-state index in [9.17, 15) is 4.39 Å². The van der Waals surface area contributed by atoms with Gasteiger partial charge in [0, 0.05) is 16.8 Å². The first-order valence-electron chi connectivity index (χ1n) is 5.57. The highest BCUT2D eigenvalue weighted by atomic mass is 35.5. The summed E-state index contributed by atoms with van der Waals surface area (Å²) in [5.41, 5.74) is 3.40. The smallest absolute Gasteiger partial charge is 0.142 e. The molecule has 0 aliphatic rings. The van der Waals surface area contributed by atoms with Crippen LogP contribution in [0, 0.1) is 5.82 Å². The number of hydrogen-bond donors (Lipinski definition) is 2. The second-order valence-corrected chi connectivity index (χ2v) is 4.29. The van der Waals surface area contributed by atoms with Crippen LogP contribution in [0.5, 0.6) is 5.75 Å². The minimum absolute atomic E-state index is 0.324. The molecule has 1 atom stereocenters. The van der Waals surface area contributed by atoms with Crippen molar-refractivity contribution in [3.05, 3.63) is 58.6 Å². The molecule has 0 saturated heterocycles. The Balaban J connectivity index is 2.50. The Morgan fingerprint density at radius 2 is 2.21 bits per heavy atom. The number of rotatable bonds is 4. The molecule has 3 N–H and O–H groups in total. The lowest BCUT2D eigenvalue weighted by Gasteiger charge is -2.18. The number of hydrogen-bond acceptors (Lipinski definition) is 4. The van der Waals surface area contributed by atoms with E-state index in [1.54, 1.807) is 30.5 Å². The molecular weight excluding hydrogens is 269 g/mol. The van der Waals surface area contributed by atoms with Crippen LogP contribution in [0.15, 0.2) is 36.5 Å². The minimum atomic E-state index is -0.617. The summed E-state index contributed by atoms with van der Waals surface area (Å²) in [5.74, 6) is 5.59. The van der Waals surface area contributed by atoms with Gasteiger partial charge in [-0.15, -0.1) is 0 Å². The largest absolute Gasteiger partial charge is 0.495 e. The van der Waals surface area contributed by atoms with Crippen molar-refractivity contribution in [2.45, 2.75) is 6.04 Å². The molecule has 0 bridgehead atoms. The zero-order valence-corrected chi connectivity index (χ0v) is 11.0. The third-order valence-corrected chi connectivity index (χ3v) is 2.97. The predicted molar refractivity (Wildman–Crippen MR) is 71.4 cm³/mol. The van der Waals surface area contributed by atoms with Crippen LogP contribution in [0.25, 0.3) is 0 Å². The Labute approximate surface area is 115 Å². The van der Waals surface area contributed by atoms with Crippen molar-refractivity contribution < 1.29 is 9.13 Å². The Morgan fingerprint density at radius 1 is 1.42 bits per heavy atom. The molecule has 1 aromatic carbocycles. The molecule has 19 heavy (non-hydrogen) atoms. The second kappa shape index (κ2) is 5.97. The summed E-state index contributed by atoms with van der Waals surface area (Å²) in [4.78, 5) is 4.19. The van der Waals surface area contributed by atoms with E-state index in [-0.39, 0.29) is 0 Å². The Kier molecular flexibility index (Phi) is 4.31. The maximum Gasteiger partial charge on any atom is 0.142 e. The van der Waals surface area contributed by atoms with E-state index in [1.165, 1.54) is 13.2 Å². The fourth-order valence-electron chi connectivity index (χ4n) is 1.84. The molecule has 2 aromatic rings. The van der Waals surface area contributed by atoms with E-state index in [1.807, 2.05) is 0 Å². The summed E-state index contributed by atoms with van der Waals surface area (Å²) in [6, 6.07) is 7.25. The topological polar surface area (TPSA) is 60.2 Å². The van der Waals surface area contributed by atoms with E-state index in [0.29, 0.717) is 22.0 Å².